The average molecular weight is 369 g/mol. The Morgan fingerprint density at radius 3 is 2.38 bits per heavy atom. The highest BCUT2D eigenvalue weighted by molar-refractivity contribution is 5.85. The number of carbonyl (C=O) groups excluding carboxylic acids is 2. The first-order valence-electron chi connectivity index (χ1n) is 8.65. The van der Waals surface area contributed by atoms with Crippen LogP contribution in [0.5, 0.6) is 0 Å². The molecule has 1 aromatic carbocycles. The van der Waals surface area contributed by atoms with Crippen molar-refractivity contribution < 1.29 is 22.8 Å². The minimum Gasteiger partial charge on any atom is -0.341 e. The van der Waals surface area contributed by atoms with Crippen molar-refractivity contribution in [3.63, 3.8) is 0 Å². The molecule has 5 nitrogen and oxygen atoms in total. The predicted molar refractivity (Wildman–Crippen MR) is 88.9 cm³/mol. The van der Waals surface area contributed by atoms with E-state index in [1.54, 1.807) is 11.9 Å². The van der Waals surface area contributed by atoms with Gasteiger partial charge in [0.1, 0.15) is 0 Å². The van der Waals surface area contributed by atoms with Gasteiger partial charge in [-0.25, -0.2) is 0 Å². The molecule has 2 N–H and O–H groups in total. The number of rotatable bonds is 2. The van der Waals surface area contributed by atoms with E-state index in [2.05, 4.69) is 0 Å². The molecule has 2 amide bonds. The third-order valence-corrected chi connectivity index (χ3v) is 5.29. The summed E-state index contributed by atoms with van der Waals surface area (Å²) in [6, 6.07) is 4.09. The van der Waals surface area contributed by atoms with E-state index in [4.69, 9.17) is 5.73 Å². The topological polar surface area (TPSA) is 66.6 Å². The van der Waals surface area contributed by atoms with Crippen LogP contribution in [0.25, 0.3) is 0 Å². The monoisotopic (exact) mass is 369 g/mol. The van der Waals surface area contributed by atoms with Crippen LogP contribution in [0.15, 0.2) is 24.3 Å². The summed E-state index contributed by atoms with van der Waals surface area (Å²) in [5, 5.41) is 0. The summed E-state index contributed by atoms with van der Waals surface area (Å²) in [6.07, 6.45) is -3.05. The van der Waals surface area contributed by atoms with Gasteiger partial charge >= 0.3 is 6.18 Å². The van der Waals surface area contributed by atoms with E-state index in [1.165, 1.54) is 17.0 Å². The fourth-order valence-corrected chi connectivity index (χ4v) is 3.84. The molecule has 0 bridgehead atoms. The maximum absolute atomic E-state index is 13.0. The molecule has 0 unspecified atom stereocenters. The minimum atomic E-state index is -4.42. The third-order valence-electron chi connectivity index (χ3n) is 5.29. The lowest BCUT2D eigenvalue weighted by atomic mass is 9.83. The van der Waals surface area contributed by atoms with Crippen molar-refractivity contribution in [2.45, 2.75) is 37.5 Å². The average Bonchev–Trinajstić information content (AvgIpc) is 3.02. The van der Waals surface area contributed by atoms with Crippen LogP contribution in [0.2, 0.25) is 0 Å². The summed E-state index contributed by atoms with van der Waals surface area (Å²) in [6.45, 7) is 1.06. The number of piperidine rings is 1. The number of nitrogens with zero attached hydrogens (tertiary/aromatic N) is 2. The second-order valence-corrected chi connectivity index (χ2v) is 7.05. The lowest BCUT2D eigenvalue weighted by Crippen LogP contribution is -2.47. The Morgan fingerprint density at radius 1 is 1.19 bits per heavy atom. The molecule has 2 fully saturated rings. The number of nitrogens with two attached hydrogens (primary N) is 1. The number of likely N-dealkylation sites (tertiary alicyclic amines) is 2. The summed E-state index contributed by atoms with van der Waals surface area (Å²) >= 11 is 0. The van der Waals surface area contributed by atoms with E-state index in [0.717, 1.165) is 18.6 Å². The molecule has 2 aliphatic rings. The zero-order chi connectivity index (χ0) is 19.1. The second kappa shape index (κ2) is 6.90. The number of halogens is 3. The van der Waals surface area contributed by atoms with Crippen molar-refractivity contribution in [2.75, 3.05) is 20.1 Å². The smallest absolute Gasteiger partial charge is 0.341 e. The standard InChI is InChI=1S/C18H22F3N3O2/c1-23-15(25)7-6-14(17(26)24-9-8-13(22)10-24)16(23)11-2-4-12(5-3-11)18(19,20)21/h2-5,13-14,16H,6-10,22H2,1H3/t13-,14-,16-/m1/s1. The Kier molecular flexibility index (Phi) is 4.96. The molecular formula is C18H22F3N3O2. The number of alkyl halides is 3. The number of amides is 2. The zero-order valence-electron chi connectivity index (χ0n) is 14.5. The Bertz CT molecular complexity index is 690. The van der Waals surface area contributed by atoms with Crippen molar-refractivity contribution in [2.24, 2.45) is 11.7 Å². The van der Waals surface area contributed by atoms with Crippen LogP contribution in [0.1, 0.15) is 36.4 Å². The highest BCUT2D eigenvalue weighted by atomic mass is 19.4. The van der Waals surface area contributed by atoms with Gasteiger partial charge in [0.2, 0.25) is 11.8 Å². The highest BCUT2D eigenvalue weighted by Gasteiger charge is 2.42. The van der Waals surface area contributed by atoms with E-state index < -0.39 is 23.7 Å². The Balaban J connectivity index is 1.88. The molecule has 3 atom stereocenters. The summed E-state index contributed by atoms with van der Waals surface area (Å²) < 4.78 is 38.4. The van der Waals surface area contributed by atoms with Crippen molar-refractivity contribution in [1.29, 1.82) is 0 Å². The summed E-state index contributed by atoms with van der Waals surface area (Å²) in [4.78, 5) is 28.3. The van der Waals surface area contributed by atoms with Gasteiger partial charge in [-0.3, -0.25) is 9.59 Å². The van der Waals surface area contributed by atoms with Gasteiger partial charge in [-0.1, -0.05) is 12.1 Å². The maximum atomic E-state index is 13.0. The maximum Gasteiger partial charge on any atom is 0.416 e. The molecule has 0 saturated carbocycles. The van der Waals surface area contributed by atoms with Gasteiger partial charge in [-0.2, -0.15) is 13.2 Å². The normalized spacial score (nSPS) is 27.1. The summed E-state index contributed by atoms with van der Waals surface area (Å²) in [7, 11) is 1.60. The van der Waals surface area contributed by atoms with Gasteiger partial charge in [-0.05, 0) is 30.5 Å². The molecule has 3 rings (SSSR count). The number of hydrogen-bond acceptors (Lipinski definition) is 3. The van der Waals surface area contributed by atoms with Gasteiger partial charge in [0.15, 0.2) is 0 Å². The molecule has 0 spiro atoms. The van der Waals surface area contributed by atoms with Gasteiger partial charge in [0, 0.05) is 32.6 Å². The molecule has 2 heterocycles. The lowest BCUT2D eigenvalue weighted by Gasteiger charge is -2.40. The molecule has 26 heavy (non-hydrogen) atoms. The van der Waals surface area contributed by atoms with Gasteiger partial charge in [0.05, 0.1) is 17.5 Å². The van der Waals surface area contributed by atoms with Crippen LogP contribution in [-0.4, -0.2) is 47.8 Å². The van der Waals surface area contributed by atoms with Crippen LogP contribution >= 0.6 is 0 Å². The fraction of sp³-hybridized carbons (Fsp3) is 0.556. The summed E-state index contributed by atoms with van der Waals surface area (Å²) in [5.41, 5.74) is 5.67. The molecule has 2 aliphatic heterocycles. The molecule has 2 saturated heterocycles. The summed E-state index contributed by atoms with van der Waals surface area (Å²) in [5.74, 6) is -0.668. The van der Waals surface area contributed by atoms with Crippen LogP contribution in [-0.2, 0) is 15.8 Å². The molecule has 1 aromatic rings. The highest BCUT2D eigenvalue weighted by Crippen LogP contribution is 2.38. The Morgan fingerprint density at radius 2 is 1.85 bits per heavy atom. The van der Waals surface area contributed by atoms with E-state index in [0.29, 0.717) is 25.1 Å². The number of benzene rings is 1. The molecule has 0 aromatic heterocycles. The van der Waals surface area contributed by atoms with Gasteiger partial charge in [-0.15, -0.1) is 0 Å². The quantitative estimate of drug-likeness (QED) is 0.869. The van der Waals surface area contributed by atoms with Crippen molar-refractivity contribution >= 4 is 11.8 Å². The molecule has 142 valence electrons. The first-order valence-corrected chi connectivity index (χ1v) is 8.65. The van der Waals surface area contributed by atoms with E-state index in [-0.39, 0.29) is 24.3 Å². The third kappa shape index (κ3) is 3.56. The van der Waals surface area contributed by atoms with Crippen LogP contribution in [0, 0.1) is 5.92 Å². The lowest BCUT2D eigenvalue weighted by molar-refractivity contribution is -0.146. The van der Waals surface area contributed by atoms with Crippen molar-refractivity contribution in [3.8, 4) is 0 Å². The molecule has 0 radical (unpaired) electrons. The molecule has 0 aliphatic carbocycles. The number of carbonyl (C=O) groups is 2. The van der Waals surface area contributed by atoms with Crippen LogP contribution < -0.4 is 5.73 Å². The van der Waals surface area contributed by atoms with E-state index in [1.807, 2.05) is 0 Å². The van der Waals surface area contributed by atoms with Crippen LogP contribution in [0.3, 0.4) is 0 Å². The van der Waals surface area contributed by atoms with Gasteiger partial charge in [0.25, 0.3) is 0 Å². The predicted octanol–water partition coefficient (Wildman–Crippen LogP) is 2.17. The van der Waals surface area contributed by atoms with Crippen molar-refractivity contribution in [1.82, 2.24) is 9.80 Å². The fourth-order valence-electron chi connectivity index (χ4n) is 3.84. The van der Waals surface area contributed by atoms with E-state index >= 15 is 0 Å². The molecule has 8 heteroatoms. The Hall–Kier alpha value is -2.09. The number of hydrogen-bond donors (Lipinski definition) is 1. The van der Waals surface area contributed by atoms with Gasteiger partial charge < -0.3 is 15.5 Å². The first-order chi connectivity index (χ1) is 12.2. The SMILES string of the molecule is CN1C(=O)CC[C@@H](C(=O)N2CC[C@@H](N)C2)[C@H]1c1ccc(C(F)(F)F)cc1. The molecular weight excluding hydrogens is 347 g/mol. The minimum absolute atomic E-state index is 0.0496. The van der Waals surface area contributed by atoms with Crippen molar-refractivity contribution in [3.05, 3.63) is 35.4 Å². The van der Waals surface area contributed by atoms with Crippen LogP contribution in [0.4, 0.5) is 13.2 Å². The first kappa shape index (κ1) is 18.7. The second-order valence-electron chi connectivity index (χ2n) is 7.05. The Labute approximate surface area is 149 Å². The zero-order valence-corrected chi connectivity index (χ0v) is 14.5. The van der Waals surface area contributed by atoms with E-state index in [9.17, 15) is 22.8 Å². The largest absolute Gasteiger partial charge is 0.416 e.